The first kappa shape index (κ1) is 20.5. The van der Waals surface area contributed by atoms with Crippen LogP contribution in [-0.2, 0) is 20.9 Å². The molecule has 0 radical (unpaired) electrons. The quantitative estimate of drug-likeness (QED) is 0.620. The Balaban J connectivity index is 1.29. The molecule has 4 atom stereocenters. The van der Waals surface area contributed by atoms with E-state index >= 15 is 0 Å². The maximum Gasteiger partial charge on any atom is 0.230 e. The van der Waals surface area contributed by atoms with E-state index in [-0.39, 0.29) is 17.9 Å². The average Bonchev–Trinajstić information content (AvgIpc) is 3.55. The molecule has 1 aromatic rings. The fourth-order valence-electron chi connectivity index (χ4n) is 5.44. The molecule has 5 rings (SSSR count). The molecule has 1 aromatic carbocycles. The Morgan fingerprint density at radius 1 is 1.35 bits per heavy atom. The second-order valence-corrected chi connectivity index (χ2v) is 9.12. The molecular weight excluding hydrogens is 396 g/mol. The van der Waals surface area contributed by atoms with Gasteiger partial charge in [0.1, 0.15) is 11.4 Å². The molecule has 2 amide bonds. The Labute approximate surface area is 182 Å². The summed E-state index contributed by atoms with van der Waals surface area (Å²) in [6.07, 6.45) is 4.60. The third-order valence-corrected chi connectivity index (χ3v) is 7.13. The molecule has 3 saturated heterocycles. The number of amides is 2. The standard InChI is InChI=1S/C23H30N4O4/c1-26(9-7-16-11-24-25-12-16)21(28)19-18-6-8-23(31-18)14-27(22(29)20(19)23)13-15-4-3-5-17(10-15)30-2/h3-6,8,10,16,18-20,24-25H,7,9,11-14H2,1-2H3/t18-,19?,20?,23-/m1/s1. The number of methoxy groups -OCH3 is 1. The SMILES string of the molecule is COc1cccc(CN2C[C@@]34C=C[C@@H](O3)C(C(=O)N(C)CCC3CNNC3)C4C2=O)c1. The molecule has 31 heavy (non-hydrogen) atoms. The maximum atomic E-state index is 13.4. The van der Waals surface area contributed by atoms with Crippen LogP contribution >= 0.6 is 0 Å². The number of carbonyl (C=O) groups excluding carboxylic acids is 2. The lowest BCUT2D eigenvalue weighted by Crippen LogP contribution is -2.45. The van der Waals surface area contributed by atoms with Crippen molar-refractivity contribution in [3.05, 3.63) is 42.0 Å². The third kappa shape index (κ3) is 3.52. The zero-order valence-corrected chi connectivity index (χ0v) is 18.0. The Kier molecular flexibility index (Phi) is 5.24. The molecule has 1 spiro atoms. The fraction of sp³-hybridized carbons (Fsp3) is 0.565. The lowest BCUT2D eigenvalue weighted by molar-refractivity contribution is -0.142. The van der Waals surface area contributed by atoms with Gasteiger partial charge in [-0.25, -0.2) is 0 Å². The lowest BCUT2D eigenvalue weighted by atomic mass is 9.76. The molecule has 4 aliphatic rings. The summed E-state index contributed by atoms with van der Waals surface area (Å²) in [7, 11) is 3.47. The van der Waals surface area contributed by atoms with Crippen LogP contribution in [0.4, 0.5) is 0 Å². The summed E-state index contributed by atoms with van der Waals surface area (Å²) in [4.78, 5) is 30.4. The Hall–Kier alpha value is -2.42. The minimum absolute atomic E-state index is 0.00520. The summed E-state index contributed by atoms with van der Waals surface area (Å²) in [5.74, 6) is 0.406. The molecule has 2 unspecified atom stereocenters. The van der Waals surface area contributed by atoms with E-state index in [1.54, 1.807) is 12.0 Å². The molecule has 0 aliphatic carbocycles. The highest BCUT2D eigenvalue weighted by molar-refractivity contribution is 5.93. The average molecular weight is 427 g/mol. The first-order valence-corrected chi connectivity index (χ1v) is 11.0. The number of ether oxygens (including phenoxy) is 2. The van der Waals surface area contributed by atoms with Crippen LogP contribution in [0.25, 0.3) is 0 Å². The van der Waals surface area contributed by atoms with Crippen LogP contribution in [0.3, 0.4) is 0 Å². The highest BCUT2D eigenvalue weighted by atomic mass is 16.5. The van der Waals surface area contributed by atoms with E-state index in [1.807, 2.05) is 48.4 Å². The minimum atomic E-state index is -0.679. The van der Waals surface area contributed by atoms with Crippen LogP contribution in [0.2, 0.25) is 0 Å². The third-order valence-electron chi connectivity index (χ3n) is 7.13. The van der Waals surface area contributed by atoms with Crippen LogP contribution in [-0.4, -0.2) is 73.7 Å². The largest absolute Gasteiger partial charge is 0.497 e. The smallest absolute Gasteiger partial charge is 0.230 e. The number of carbonyl (C=O) groups is 2. The van der Waals surface area contributed by atoms with Crippen molar-refractivity contribution in [2.45, 2.75) is 24.7 Å². The molecule has 8 nitrogen and oxygen atoms in total. The van der Waals surface area contributed by atoms with E-state index in [1.165, 1.54) is 0 Å². The van der Waals surface area contributed by atoms with Gasteiger partial charge in [0, 0.05) is 33.2 Å². The van der Waals surface area contributed by atoms with Crippen LogP contribution in [0.15, 0.2) is 36.4 Å². The summed E-state index contributed by atoms with van der Waals surface area (Å²) in [6.45, 7) is 3.48. The first-order chi connectivity index (χ1) is 15.0. The summed E-state index contributed by atoms with van der Waals surface area (Å²) < 4.78 is 11.6. The topological polar surface area (TPSA) is 83.1 Å². The number of hydrazine groups is 1. The summed E-state index contributed by atoms with van der Waals surface area (Å²) >= 11 is 0. The number of fused-ring (bicyclic) bond motifs is 1. The number of nitrogens with zero attached hydrogens (tertiary/aromatic N) is 2. The van der Waals surface area contributed by atoms with Gasteiger partial charge >= 0.3 is 0 Å². The Bertz CT molecular complexity index is 899. The van der Waals surface area contributed by atoms with E-state index in [0.717, 1.165) is 30.8 Å². The van der Waals surface area contributed by atoms with E-state index < -0.39 is 17.4 Å². The molecule has 3 fully saturated rings. The van der Waals surface area contributed by atoms with Gasteiger partial charge in [0.25, 0.3) is 0 Å². The second kappa shape index (κ2) is 7.93. The molecular formula is C23H30N4O4. The van der Waals surface area contributed by atoms with E-state index in [0.29, 0.717) is 25.6 Å². The van der Waals surface area contributed by atoms with Crippen LogP contribution in [0.5, 0.6) is 5.75 Å². The van der Waals surface area contributed by atoms with Crippen molar-refractivity contribution < 1.29 is 19.1 Å². The summed E-state index contributed by atoms with van der Waals surface area (Å²) in [5, 5.41) is 0. The van der Waals surface area contributed by atoms with Gasteiger partial charge < -0.3 is 19.3 Å². The first-order valence-electron chi connectivity index (χ1n) is 11.0. The predicted octanol–water partition coefficient (Wildman–Crippen LogP) is 0.550. The second-order valence-electron chi connectivity index (χ2n) is 9.12. The van der Waals surface area contributed by atoms with Gasteiger partial charge in [0.15, 0.2) is 0 Å². The predicted molar refractivity (Wildman–Crippen MR) is 114 cm³/mol. The van der Waals surface area contributed by atoms with Crippen molar-refractivity contribution in [2.24, 2.45) is 17.8 Å². The van der Waals surface area contributed by atoms with Gasteiger partial charge in [-0.1, -0.05) is 24.3 Å². The minimum Gasteiger partial charge on any atom is -0.497 e. The van der Waals surface area contributed by atoms with Crippen molar-refractivity contribution in [2.75, 3.05) is 40.3 Å². The number of rotatable bonds is 7. The monoisotopic (exact) mass is 426 g/mol. The van der Waals surface area contributed by atoms with Crippen molar-refractivity contribution in [3.63, 3.8) is 0 Å². The number of nitrogens with one attached hydrogen (secondary N) is 2. The van der Waals surface area contributed by atoms with Crippen molar-refractivity contribution in [1.29, 1.82) is 0 Å². The van der Waals surface area contributed by atoms with Crippen LogP contribution < -0.4 is 15.6 Å². The number of hydrogen-bond acceptors (Lipinski definition) is 6. The molecule has 2 N–H and O–H groups in total. The molecule has 0 aromatic heterocycles. The normalized spacial score (nSPS) is 31.5. The van der Waals surface area contributed by atoms with Gasteiger partial charge in [-0.2, -0.15) is 0 Å². The molecule has 166 valence electrons. The van der Waals surface area contributed by atoms with Crippen LogP contribution in [0.1, 0.15) is 12.0 Å². The van der Waals surface area contributed by atoms with Crippen molar-refractivity contribution in [1.82, 2.24) is 20.7 Å². The zero-order chi connectivity index (χ0) is 21.6. The zero-order valence-electron chi connectivity index (χ0n) is 18.0. The molecule has 0 saturated carbocycles. The molecule has 4 aliphatic heterocycles. The van der Waals surface area contributed by atoms with E-state index in [2.05, 4.69) is 10.9 Å². The van der Waals surface area contributed by atoms with Gasteiger partial charge in [0.2, 0.25) is 11.8 Å². The maximum absolute atomic E-state index is 13.4. The van der Waals surface area contributed by atoms with E-state index in [9.17, 15) is 9.59 Å². The molecule has 8 heteroatoms. The van der Waals surface area contributed by atoms with Gasteiger partial charge in [-0.3, -0.25) is 20.4 Å². The van der Waals surface area contributed by atoms with Gasteiger partial charge in [0.05, 0.1) is 31.6 Å². The van der Waals surface area contributed by atoms with Crippen molar-refractivity contribution in [3.8, 4) is 5.75 Å². The number of hydrogen-bond donors (Lipinski definition) is 2. The highest BCUT2D eigenvalue weighted by Crippen LogP contribution is 2.52. The summed E-state index contributed by atoms with van der Waals surface area (Å²) in [5.41, 5.74) is 6.58. The number of benzene rings is 1. The Morgan fingerprint density at radius 2 is 2.16 bits per heavy atom. The molecule has 4 heterocycles. The van der Waals surface area contributed by atoms with Crippen LogP contribution in [0, 0.1) is 17.8 Å². The van der Waals surface area contributed by atoms with Gasteiger partial charge in [-0.05, 0) is 30.0 Å². The Morgan fingerprint density at radius 3 is 2.94 bits per heavy atom. The summed E-state index contributed by atoms with van der Waals surface area (Å²) in [6, 6.07) is 7.74. The number of likely N-dealkylation sites (tertiary alicyclic amines) is 1. The van der Waals surface area contributed by atoms with Gasteiger partial charge in [-0.15, -0.1) is 0 Å². The van der Waals surface area contributed by atoms with Crippen molar-refractivity contribution >= 4 is 11.8 Å². The fourth-order valence-corrected chi connectivity index (χ4v) is 5.44. The highest BCUT2D eigenvalue weighted by Gasteiger charge is 2.67. The molecule has 2 bridgehead atoms. The lowest BCUT2D eigenvalue weighted by Gasteiger charge is -2.28. The van der Waals surface area contributed by atoms with E-state index in [4.69, 9.17) is 9.47 Å².